The van der Waals surface area contributed by atoms with Crippen LogP contribution in [0.15, 0.2) is 18.2 Å². The maximum Gasteiger partial charge on any atom is 0.0408 e. The van der Waals surface area contributed by atoms with Gasteiger partial charge in [0.15, 0.2) is 0 Å². The smallest absolute Gasteiger partial charge is 0.0408 e. The maximum absolute atomic E-state index is 5.91. The number of hydrogen-bond acceptors (Lipinski definition) is 1. The van der Waals surface area contributed by atoms with Crippen molar-refractivity contribution < 1.29 is 0 Å². The van der Waals surface area contributed by atoms with Crippen molar-refractivity contribution in [1.29, 1.82) is 0 Å². The second-order valence-corrected chi connectivity index (χ2v) is 3.97. The molecule has 0 bridgehead atoms. The van der Waals surface area contributed by atoms with E-state index in [0.717, 1.165) is 24.7 Å². The summed E-state index contributed by atoms with van der Waals surface area (Å²) in [4.78, 5) is 2.40. The largest absolute Gasteiger partial charge is 0.300 e. The molecule has 0 aliphatic heterocycles. The lowest BCUT2D eigenvalue weighted by molar-refractivity contribution is 0.295. The molecule has 0 heterocycles. The van der Waals surface area contributed by atoms with E-state index in [1.165, 1.54) is 11.1 Å². The maximum atomic E-state index is 5.91. The van der Waals surface area contributed by atoms with Crippen molar-refractivity contribution in [2.75, 3.05) is 13.1 Å². The third-order valence-corrected chi connectivity index (χ3v) is 2.83. The van der Waals surface area contributed by atoms with Crippen molar-refractivity contribution >= 4 is 11.6 Å². The highest BCUT2D eigenvalue weighted by Crippen LogP contribution is 2.16. The predicted molar refractivity (Wildman–Crippen MR) is 62.8 cm³/mol. The fraction of sp³-hybridized carbons (Fsp3) is 0.500. The van der Waals surface area contributed by atoms with Gasteiger partial charge in [0.1, 0.15) is 0 Å². The molecule has 1 aromatic rings. The molecule has 0 amide bonds. The van der Waals surface area contributed by atoms with Crippen LogP contribution in [-0.4, -0.2) is 18.0 Å². The fourth-order valence-corrected chi connectivity index (χ4v) is 1.75. The first-order valence-electron chi connectivity index (χ1n) is 5.14. The molecule has 0 aliphatic rings. The Bertz CT molecular complexity index is 292. The van der Waals surface area contributed by atoms with E-state index >= 15 is 0 Å². The molecule has 0 spiro atoms. The van der Waals surface area contributed by atoms with Gasteiger partial charge >= 0.3 is 0 Å². The lowest BCUT2D eigenvalue weighted by atomic mass is 10.1. The SMILES string of the molecule is CCN(CC)Cc1ccc(Cl)cc1C. The number of aryl methyl sites for hydroxylation is 1. The summed E-state index contributed by atoms with van der Waals surface area (Å²) in [5.74, 6) is 0. The molecule has 1 nitrogen and oxygen atoms in total. The Labute approximate surface area is 91.7 Å². The molecule has 14 heavy (non-hydrogen) atoms. The molecule has 0 aromatic heterocycles. The van der Waals surface area contributed by atoms with Crippen LogP contribution in [0.2, 0.25) is 5.02 Å². The first kappa shape index (κ1) is 11.5. The summed E-state index contributed by atoms with van der Waals surface area (Å²) >= 11 is 5.91. The van der Waals surface area contributed by atoms with Gasteiger partial charge in [-0.25, -0.2) is 0 Å². The van der Waals surface area contributed by atoms with Gasteiger partial charge in [-0.1, -0.05) is 31.5 Å². The molecule has 0 atom stereocenters. The lowest BCUT2D eigenvalue weighted by Crippen LogP contribution is -2.22. The standard InChI is InChI=1S/C12H18ClN/c1-4-14(5-2)9-11-6-7-12(13)8-10(11)3/h6-8H,4-5,9H2,1-3H3. The quantitative estimate of drug-likeness (QED) is 0.737. The van der Waals surface area contributed by atoms with Crippen molar-refractivity contribution in [2.45, 2.75) is 27.3 Å². The molecule has 78 valence electrons. The summed E-state index contributed by atoms with van der Waals surface area (Å²) in [6.07, 6.45) is 0. The van der Waals surface area contributed by atoms with Gasteiger partial charge in [-0.3, -0.25) is 4.90 Å². The fourth-order valence-electron chi connectivity index (χ4n) is 1.52. The minimum Gasteiger partial charge on any atom is -0.300 e. The van der Waals surface area contributed by atoms with Gasteiger partial charge in [-0.2, -0.15) is 0 Å². The first-order chi connectivity index (χ1) is 6.67. The molecule has 0 radical (unpaired) electrons. The van der Waals surface area contributed by atoms with E-state index in [1.54, 1.807) is 0 Å². The molecule has 0 fully saturated rings. The molecular weight excluding hydrogens is 194 g/mol. The van der Waals surface area contributed by atoms with Gasteiger partial charge in [0.25, 0.3) is 0 Å². The van der Waals surface area contributed by atoms with E-state index in [4.69, 9.17) is 11.6 Å². The van der Waals surface area contributed by atoms with E-state index in [0.29, 0.717) is 0 Å². The van der Waals surface area contributed by atoms with E-state index in [-0.39, 0.29) is 0 Å². The Kier molecular flexibility index (Phi) is 4.43. The molecule has 0 unspecified atom stereocenters. The van der Waals surface area contributed by atoms with Gasteiger partial charge in [-0.15, -0.1) is 0 Å². The molecule has 0 N–H and O–H groups in total. The second kappa shape index (κ2) is 5.38. The number of hydrogen-bond donors (Lipinski definition) is 0. The van der Waals surface area contributed by atoms with Gasteiger partial charge < -0.3 is 0 Å². The molecular formula is C12H18ClN. The van der Waals surface area contributed by atoms with Gasteiger partial charge in [0, 0.05) is 11.6 Å². The van der Waals surface area contributed by atoms with Crippen LogP contribution in [-0.2, 0) is 6.54 Å². The summed E-state index contributed by atoms with van der Waals surface area (Å²) in [7, 11) is 0. The minimum absolute atomic E-state index is 0.825. The molecule has 1 rings (SSSR count). The zero-order valence-corrected chi connectivity index (χ0v) is 9.93. The van der Waals surface area contributed by atoms with Crippen LogP contribution in [0.5, 0.6) is 0 Å². The highest BCUT2D eigenvalue weighted by atomic mass is 35.5. The summed E-state index contributed by atoms with van der Waals surface area (Å²) in [6, 6.07) is 6.11. The monoisotopic (exact) mass is 211 g/mol. The second-order valence-electron chi connectivity index (χ2n) is 3.53. The summed E-state index contributed by atoms with van der Waals surface area (Å²) < 4.78 is 0. The molecule has 0 saturated carbocycles. The highest BCUT2D eigenvalue weighted by Gasteiger charge is 2.03. The van der Waals surface area contributed by atoms with Crippen LogP contribution in [0.25, 0.3) is 0 Å². The highest BCUT2D eigenvalue weighted by molar-refractivity contribution is 6.30. The molecule has 1 aromatic carbocycles. The molecule has 0 aliphatic carbocycles. The number of benzene rings is 1. The Hall–Kier alpha value is -0.530. The van der Waals surface area contributed by atoms with Gasteiger partial charge in [0.05, 0.1) is 0 Å². The van der Waals surface area contributed by atoms with Crippen LogP contribution in [0.3, 0.4) is 0 Å². The van der Waals surface area contributed by atoms with E-state index < -0.39 is 0 Å². The third kappa shape index (κ3) is 3.00. The summed E-state index contributed by atoms with van der Waals surface area (Å²) in [5.41, 5.74) is 2.66. The Morgan fingerprint density at radius 1 is 1.21 bits per heavy atom. The summed E-state index contributed by atoms with van der Waals surface area (Å²) in [6.45, 7) is 9.71. The number of halogens is 1. The Balaban J connectivity index is 2.76. The van der Waals surface area contributed by atoms with Gasteiger partial charge in [0.2, 0.25) is 0 Å². The van der Waals surface area contributed by atoms with E-state index in [1.807, 2.05) is 12.1 Å². The Morgan fingerprint density at radius 3 is 2.36 bits per heavy atom. The lowest BCUT2D eigenvalue weighted by Gasteiger charge is -2.19. The third-order valence-electron chi connectivity index (χ3n) is 2.59. The van der Waals surface area contributed by atoms with Crippen LogP contribution >= 0.6 is 11.6 Å². The van der Waals surface area contributed by atoms with Crippen molar-refractivity contribution in [3.05, 3.63) is 34.3 Å². The first-order valence-corrected chi connectivity index (χ1v) is 5.52. The number of rotatable bonds is 4. The average Bonchev–Trinajstić information content (AvgIpc) is 2.17. The van der Waals surface area contributed by atoms with Crippen LogP contribution in [0.4, 0.5) is 0 Å². The Morgan fingerprint density at radius 2 is 1.86 bits per heavy atom. The topological polar surface area (TPSA) is 3.24 Å². The van der Waals surface area contributed by atoms with Crippen molar-refractivity contribution in [3.63, 3.8) is 0 Å². The van der Waals surface area contributed by atoms with Crippen LogP contribution < -0.4 is 0 Å². The average molecular weight is 212 g/mol. The molecule has 0 saturated heterocycles. The van der Waals surface area contributed by atoms with Crippen molar-refractivity contribution in [2.24, 2.45) is 0 Å². The van der Waals surface area contributed by atoms with Crippen molar-refractivity contribution in [1.82, 2.24) is 4.90 Å². The van der Waals surface area contributed by atoms with E-state index in [9.17, 15) is 0 Å². The predicted octanol–water partition coefficient (Wildman–Crippen LogP) is 3.49. The van der Waals surface area contributed by atoms with Crippen LogP contribution in [0.1, 0.15) is 25.0 Å². The molecule has 2 heteroatoms. The summed E-state index contributed by atoms with van der Waals surface area (Å²) in [5, 5.41) is 0.825. The van der Waals surface area contributed by atoms with Gasteiger partial charge in [-0.05, 0) is 43.3 Å². The van der Waals surface area contributed by atoms with Crippen molar-refractivity contribution in [3.8, 4) is 0 Å². The zero-order valence-electron chi connectivity index (χ0n) is 9.18. The zero-order chi connectivity index (χ0) is 10.6. The number of nitrogens with zero attached hydrogens (tertiary/aromatic N) is 1. The minimum atomic E-state index is 0.825. The normalized spacial score (nSPS) is 10.9. The van der Waals surface area contributed by atoms with Crippen LogP contribution in [0, 0.1) is 6.92 Å². The van der Waals surface area contributed by atoms with E-state index in [2.05, 4.69) is 31.7 Å².